The Balaban J connectivity index is 1.64. The molecule has 2 aromatic carbocycles. The minimum Gasteiger partial charge on any atom is -0.494 e. The van der Waals surface area contributed by atoms with E-state index < -0.39 is 16.1 Å². The van der Waals surface area contributed by atoms with Gasteiger partial charge in [-0.05, 0) is 30.3 Å². The van der Waals surface area contributed by atoms with Crippen molar-refractivity contribution in [2.45, 2.75) is 11.7 Å². The molecule has 9 nitrogen and oxygen atoms in total. The first-order valence-electron chi connectivity index (χ1n) is 8.30. The zero-order valence-electron chi connectivity index (χ0n) is 15.0. The molecule has 0 spiro atoms. The highest BCUT2D eigenvalue weighted by molar-refractivity contribution is 8.15. The number of nitrogens with one attached hydrogen (secondary N) is 2. The number of rotatable bonds is 6. The number of methoxy groups -OCH3 is 1. The van der Waals surface area contributed by atoms with E-state index >= 15 is 0 Å². The molecule has 0 unspecified atom stereocenters. The second kappa shape index (κ2) is 8.93. The van der Waals surface area contributed by atoms with Crippen molar-refractivity contribution in [1.82, 2.24) is 5.32 Å². The molecule has 2 aromatic rings. The predicted octanol–water partition coefficient (Wildman–Crippen LogP) is 3.50. The molecule has 0 radical (unpaired) electrons. The predicted molar refractivity (Wildman–Crippen MR) is 111 cm³/mol. The highest BCUT2D eigenvalue weighted by Gasteiger charge is 2.32. The zero-order chi connectivity index (χ0) is 21.0. The summed E-state index contributed by atoms with van der Waals surface area (Å²) in [6.45, 7) is 0. The minimum atomic E-state index is -0.648. The fraction of sp³-hybridized carbons (Fsp3) is 0.167. The Morgan fingerprint density at radius 3 is 2.72 bits per heavy atom. The number of halogens is 1. The van der Waals surface area contributed by atoms with Gasteiger partial charge in [-0.2, -0.15) is 0 Å². The normalized spacial score (nSPS) is 17.1. The van der Waals surface area contributed by atoms with E-state index in [2.05, 4.69) is 15.6 Å². The smallest absolute Gasteiger partial charge is 0.273 e. The molecule has 0 aromatic heterocycles. The Bertz CT molecular complexity index is 996. The number of non-ortho nitro benzene ring substituents is 1. The van der Waals surface area contributed by atoms with Crippen LogP contribution in [0, 0.1) is 10.1 Å². The average Bonchev–Trinajstić information content (AvgIpc) is 3.02. The topological polar surface area (TPSA) is 123 Å². The number of carbonyl (C=O) groups is 2. The van der Waals surface area contributed by atoms with Gasteiger partial charge in [0.15, 0.2) is 5.17 Å². The highest BCUT2D eigenvalue weighted by atomic mass is 35.5. The fourth-order valence-electron chi connectivity index (χ4n) is 2.49. The first kappa shape index (κ1) is 20.6. The number of aliphatic imine (C=N–C) groups is 1. The van der Waals surface area contributed by atoms with Crippen LogP contribution in [0.1, 0.15) is 6.42 Å². The third-order valence-corrected chi connectivity index (χ3v) is 5.21. The van der Waals surface area contributed by atoms with Crippen LogP contribution in [0.5, 0.6) is 5.75 Å². The standard InChI is InChI=1S/C18H15ClN4O5S/c1-28-14-8-12(23(26)27)6-7-13(14)21-16(24)9-15-17(25)22-18(29-15)20-11-4-2-10(19)3-5-11/h2-8,15H,9H2,1H3,(H,21,24)(H,20,22,25)/t15-/m1/s1. The molecule has 2 N–H and O–H groups in total. The number of nitro benzene ring substituents is 1. The van der Waals surface area contributed by atoms with Gasteiger partial charge in [-0.25, -0.2) is 4.99 Å². The molecule has 3 rings (SSSR count). The molecule has 1 aliphatic rings. The number of thioether (sulfide) groups is 1. The maximum atomic E-state index is 12.4. The number of amides is 2. The van der Waals surface area contributed by atoms with Crippen LogP contribution in [0.25, 0.3) is 0 Å². The number of hydrogen-bond donors (Lipinski definition) is 2. The van der Waals surface area contributed by atoms with Crippen LogP contribution in [-0.2, 0) is 9.59 Å². The van der Waals surface area contributed by atoms with E-state index in [1.165, 1.54) is 25.3 Å². The summed E-state index contributed by atoms with van der Waals surface area (Å²) >= 11 is 6.98. The summed E-state index contributed by atoms with van der Waals surface area (Å²) in [5.74, 6) is -0.604. The van der Waals surface area contributed by atoms with Gasteiger partial charge in [0.05, 0.1) is 29.5 Å². The van der Waals surface area contributed by atoms with Crippen LogP contribution in [-0.4, -0.2) is 34.3 Å². The summed E-state index contributed by atoms with van der Waals surface area (Å²) in [5, 5.41) is 16.4. The van der Waals surface area contributed by atoms with Gasteiger partial charge in [0.2, 0.25) is 11.8 Å². The first-order valence-corrected chi connectivity index (χ1v) is 9.55. The Hall–Kier alpha value is -3.11. The lowest BCUT2D eigenvalue weighted by Gasteiger charge is -2.11. The van der Waals surface area contributed by atoms with Crippen LogP contribution in [0.15, 0.2) is 47.5 Å². The number of nitro groups is 1. The number of ether oxygens (including phenoxy) is 1. The summed E-state index contributed by atoms with van der Waals surface area (Å²) in [4.78, 5) is 39.1. The Labute approximate surface area is 174 Å². The number of carbonyl (C=O) groups excluding carboxylic acids is 2. The maximum Gasteiger partial charge on any atom is 0.273 e. The van der Waals surface area contributed by atoms with Crippen LogP contribution in [0.3, 0.4) is 0 Å². The molecular weight excluding hydrogens is 420 g/mol. The highest BCUT2D eigenvalue weighted by Crippen LogP contribution is 2.30. The number of hydrogen-bond acceptors (Lipinski definition) is 7. The Morgan fingerprint density at radius 2 is 2.07 bits per heavy atom. The third-order valence-electron chi connectivity index (χ3n) is 3.87. The largest absolute Gasteiger partial charge is 0.494 e. The second-order valence-electron chi connectivity index (χ2n) is 5.88. The van der Waals surface area contributed by atoms with Gasteiger partial charge in [0, 0.05) is 17.5 Å². The lowest BCUT2D eigenvalue weighted by molar-refractivity contribution is -0.384. The van der Waals surface area contributed by atoms with E-state index in [-0.39, 0.29) is 29.5 Å². The minimum absolute atomic E-state index is 0.101. The van der Waals surface area contributed by atoms with E-state index in [9.17, 15) is 19.7 Å². The Morgan fingerprint density at radius 1 is 1.34 bits per heavy atom. The quantitative estimate of drug-likeness (QED) is 0.529. The van der Waals surface area contributed by atoms with Crippen molar-refractivity contribution in [1.29, 1.82) is 0 Å². The van der Waals surface area contributed by atoms with Crippen LogP contribution < -0.4 is 15.4 Å². The van der Waals surface area contributed by atoms with Gasteiger partial charge in [0.25, 0.3) is 5.69 Å². The summed E-state index contributed by atoms with van der Waals surface area (Å²) in [6.07, 6.45) is -0.101. The fourth-order valence-corrected chi connectivity index (χ4v) is 3.61. The number of nitrogens with zero attached hydrogens (tertiary/aromatic N) is 2. The van der Waals surface area contributed by atoms with E-state index in [1.807, 2.05) is 0 Å². The van der Waals surface area contributed by atoms with Crippen molar-refractivity contribution >= 4 is 57.4 Å². The number of amidine groups is 1. The monoisotopic (exact) mass is 434 g/mol. The van der Waals surface area contributed by atoms with Crippen molar-refractivity contribution in [2.75, 3.05) is 12.4 Å². The van der Waals surface area contributed by atoms with Gasteiger partial charge in [-0.15, -0.1) is 0 Å². The molecule has 0 aliphatic carbocycles. The molecule has 0 saturated carbocycles. The molecule has 150 valence electrons. The molecular formula is C18H15ClN4O5S. The van der Waals surface area contributed by atoms with Crippen LogP contribution in [0.4, 0.5) is 17.1 Å². The van der Waals surface area contributed by atoms with Gasteiger partial charge in [0.1, 0.15) is 11.0 Å². The molecule has 1 heterocycles. The second-order valence-corrected chi connectivity index (χ2v) is 7.51. The van der Waals surface area contributed by atoms with Crippen LogP contribution >= 0.6 is 23.4 Å². The molecule has 2 amide bonds. The molecule has 29 heavy (non-hydrogen) atoms. The van der Waals surface area contributed by atoms with E-state index in [0.29, 0.717) is 15.9 Å². The van der Waals surface area contributed by atoms with Gasteiger partial charge < -0.3 is 15.4 Å². The first-order chi connectivity index (χ1) is 13.9. The number of anilines is 1. The van der Waals surface area contributed by atoms with Crippen LogP contribution in [0.2, 0.25) is 5.02 Å². The SMILES string of the molecule is COc1cc([N+](=O)[O-])ccc1NC(=O)C[C@H]1SC(=Nc2ccc(Cl)cc2)NC1=O. The summed E-state index contributed by atoms with van der Waals surface area (Å²) < 4.78 is 5.09. The molecule has 1 saturated heterocycles. The summed E-state index contributed by atoms with van der Waals surface area (Å²) in [6, 6.07) is 10.6. The lowest BCUT2D eigenvalue weighted by Crippen LogP contribution is -2.28. The van der Waals surface area contributed by atoms with Crippen molar-refractivity contribution in [3.63, 3.8) is 0 Å². The number of benzene rings is 2. The van der Waals surface area contributed by atoms with Gasteiger partial charge >= 0.3 is 0 Å². The van der Waals surface area contributed by atoms with Gasteiger partial charge in [-0.1, -0.05) is 23.4 Å². The molecule has 1 atom stereocenters. The molecule has 0 bridgehead atoms. The van der Waals surface area contributed by atoms with E-state index in [0.717, 1.165) is 11.8 Å². The lowest BCUT2D eigenvalue weighted by atomic mass is 10.2. The van der Waals surface area contributed by atoms with Crippen molar-refractivity contribution < 1.29 is 19.2 Å². The Kier molecular flexibility index (Phi) is 6.35. The summed E-state index contributed by atoms with van der Waals surface area (Å²) in [5.41, 5.74) is 0.744. The third kappa shape index (κ3) is 5.24. The van der Waals surface area contributed by atoms with E-state index in [4.69, 9.17) is 16.3 Å². The molecule has 11 heteroatoms. The zero-order valence-corrected chi connectivity index (χ0v) is 16.6. The maximum absolute atomic E-state index is 12.4. The van der Waals surface area contributed by atoms with Crippen molar-refractivity contribution in [2.24, 2.45) is 4.99 Å². The summed E-state index contributed by atoms with van der Waals surface area (Å²) in [7, 11) is 1.34. The molecule has 1 fully saturated rings. The van der Waals surface area contributed by atoms with Gasteiger partial charge in [-0.3, -0.25) is 19.7 Å². The van der Waals surface area contributed by atoms with E-state index in [1.54, 1.807) is 24.3 Å². The van der Waals surface area contributed by atoms with Crippen molar-refractivity contribution in [3.05, 3.63) is 57.6 Å². The molecule has 1 aliphatic heterocycles. The average molecular weight is 435 g/mol. The van der Waals surface area contributed by atoms with Crippen molar-refractivity contribution in [3.8, 4) is 5.75 Å².